The van der Waals surface area contributed by atoms with E-state index < -0.39 is 0 Å². The standard InChI is InChI=1S/C56H55NS/c1-5-8-11-23-42(22-10-7-3)47-27-16-17-28-48(47)44-31-34-54-50(37-44)49-29-18-19-30-53(49)57(54)45-33-36-56-52(39-45)51-38-43(32-35-55(51)58-56)46-26-15-14-25-41(46)24-13-12-21-40(4)20-9-6-2/h7,10,12-19,21-22,25-39H,5-6,8-9,11,20,23-24H2,1-4H3/b10-7-,13-12-,40-21-,42-22+. The Kier molecular flexibility index (Phi) is 12.3. The number of unbranched alkanes of at least 4 members (excludes halogenated alkanes) is 3. The molecule has 0 amide bonds. The van der Waals surface area contributed by atoms with Crippen molar-refractivity contribution < 1.29 is 0 Å². The minimum atomic E-state index is 0.911. The molecule has 290 valence electrons. The van der Waals surface area contributed by atoms with E-state index in [9.17, 15) is 0 Å². The number of hydrogen-bond donors (Lipinski definition) is 0. The van der Waals surface area contributed by atoms with Gasteiger partial charge in [-0.25, -0.2) is 0 Å². The molecule has 6 aromatic carbocycles. The number of hydrogen-bond acceptors (Lipinski definition) is 1. The van der Waals surface area contributed by atoms with Gasteiger partial charge < -0.3 is 4.57 Å². The first-order valence-corrected chi connectivity index (χ1v) is 22.2. The smallest absolute Gasteiger partial charge is 0.0541 e. The lowest BCUT2D eigenvalue weighted by Crippen LogP contribution is -1.94. The van der Waals surface area contributed by atoms with Crippen LogP contribution in [0.5, 0.6) is 0 Å². The summed E-state index contributed by atoms with van der Waals surface area (Å²) in [6.45, 7) is 8.88. The van der Waals surface area contributed by atoms with Crippen LogP contribution in [0.25, 0.3) is 75.5 Å². The highest BCUT2D eigenvalue weighted by molar-refractivity contribution is 7.25. The molecule has 58 heavy (non-hydrogen) atoms. The van der Waals surface area contributed by atoms with Crippen LogP contribution in [0.4, 0.5) is 0 Å². The first-order chi connectivity index (χ1) is 28.6. The third-order valence-corrected chi connectivity index (χ3v) is 12.8. The number of para-hydroxylation sites is 1. The molecule has 0 unspecified atom stereocenters. The zero-order chi connectivity index (χ0) is 39.8. The van der Waals surface area contributed by atoms with Crippen LogP contribution < -0.4 is 0 Å². The van der Waals surface area contributed by atoms with Crippen molar-refractivity contribution in [3.8, 4) is 27.9 Å². The Morgan fingerprint density at radius 3 is 2.12 bits per heavy atom. The van der Waals surface area contributed by atoms with Gasteiger partial charge in [-0.05, 0) is 133 Å². The van der Waals surface area contributed by atoms with E-state index >= 15 is 0 Å². The maximum Gasteiger partial charge on any atom is 0.0541 e. The Labute approximate surface area is 349 Å². The summed E-state index contributed by atoms with van der Waals surface area (Å²) in [4.78, 5) is 0. The van der Waals surface area contributed by atoms with Crippen molar-refractivity contribution in [2.24, 2.45) is 0 Å². The van der Waals surface area contributed by atoms with Gasteiger partial charge in [0.2, 0.25) is 0 Å². The topological polar surface area (TPSA) is 4.93 Å². The summed E-state index contributed by atoms with van der Waals surface area (Å²) in [6, 6.07) is 48.0. The lowest BCUT2D eigenvalue weighted by molar-refractivity contribution is 0.735. The molecule has 2 heterocycles. The molecule has 0 bridgehead atoms. The minimum absolute atomic E-state index is 0.911. The quantitative estimate of drug-likeness (QED) is 0.0722. The Hall–Kier alpha value is -5.70. The summed E-state index contributed by atoms with van der Waals surface area (Å²) in [5, 5.41) is 5.19. The van der Waals surface area contributed by atoms with Gasteiger partial charge in [0.15, 0.2) is 0 Å². The molecular formula is C56H55NS. The van der Waals surface area contributed by atoms with E-state index in [0.29, 0.717) is 0 Å². The summed E-state index contributed by atoms with van der Waals surface area (Å²) in [5.74, 6) is 0. The van der Waals surface area contributed by atoms with Crippen LogP contribution in [0.15, 0.2) is 169 Å². The van der Waals surface area contributed by atoms with Gasteiger partial charge in [-0.2, -0.15) is 0 Å². The van der Waals surface area contributed by atoms with Crippen LogP contribution in [0.2, 0.25) is 0 Å². The Balaban J connectivity index is 1.19. The van der Waals surface area contributed by atoms with Crippen LogP contribution in [0.3, 0.4) is 0 Å². The van der Waals surface area contributed by atoms with Crippen LogP contribution >= 0.6 is 11.3 Å². The summed E-state index contributed by atoms with van der Waals surface area (Å²) >= 11 is 1.89. The van der Waals surface area contributed by atoms with Gasteiger partial charge in [-0.15, -0.1) is 11.3 Å². The third kappa shape index (κ3) is 8.17. The molecular weight excluding hydrogens is 719 g/mol. The minimum Gasteiger partial charge on any atom is -0.309 e. The third-order valence-electron chi connectivity index (χ3n) is 11.6. The lowest BCUT2D eigenvalue weighted by Gasteiger charge is -2.14. The van der Waals surface area contributed by atoms with Crippen LogP contribution in [0.1, 0.15) is 83.8 Å². The fourth-order valence-corrected chi connectivity index (χ4v) is 9.60. The highest BCUT2D eigenvalue weighted by atomic mass is 32.1. The van der Waals surface area contributed by atoms with Crippen molar-refractivity contribution in [1.82, 2.24) is 4.57 Å². The predicted octanol–water partition coefficient (Wildman–Crippen LogP) is 17.3. The summed E-state index contributed by atoms with van der Waals surface area (Å²) < 4.78 is 5.11. The largest absolute Gasteiger partial charge is 0.309 e. The lowest BCUT2D eigenvalue weighted by atomic mass is 9.91. The molecule has 2 heteroatoms. The van der Waals surface area contributed by atoms with Crippen molar-refractivity contribution in [1.29, 1.82) is 0 Å². The van der Waals surface area contributed by atoms with Crippen LogP contribution in [-0.4, -0.2) is 4.57 Å². The van der Waals surface area contributed by atoms with E-state index in [1.165, 1.54) is 131 Å². The second-order valence-corrected chi connectivity index (χ2v) is 16.8. The predicted molar refractivity (Wildman–Crippen MR) is 258 cm³/mol. The fourth-order valence-electron chi connectivity index (χ4n) is 8.54. The van der Waals surface area contributed by atoms with E-state index in [-0.39, 0.29) is 0 Å². The van der Waals surface area contributed by atoms with Crippen LogP contribution in [-0.2, 0) is 6.42 Å². The van der Waals surface area contributed by atoms with E-state index in [1.54, 1.807) is 0 Å². The molecule has 0 aliphatic heterocycles. The number of aromatic nitrogens is 1. The van der Waals surface area contributed by atoms with Crippen molar-refractivity contribution >= 4 is 58.9 Å². The second-order valence-electron chi connectivity index (χ2n) is 15.7. The molecule has 0 aliphatic carbocycles. The summed E-state index contributed by atoms with van der Waals surface area (Å²) in [7, 11) is 0. The number of nitrogens with zero attached hydrogens (tertiary/aromatic N) is 1. The Morgan fingerprint density at radius 2 is 1.28 bits per heavy atom. The average Bonchev–Trinajstić information content (AvgIpc) is 3.80. The molecule has 0 aliphatic rings. The maximum atomic E-state index is 2.47. The van der Waals surface area contributed by atoms with E-state index in [1.807, 2.05) is 11.3 Å². The zero-order valence-electron chi connectivity index (χ0n) is 34.6. The van der Waals surface area contributed by atoms with Gasteiger partial charge >= 0.3 is 0 Å². The maximum absolute atomic E-state index is 2.47. The summed E-state index contributed by atoms with van der Waals surface area (Å²) in [6.07, 6.45) is 22.8. The molecule has 0 fully saturated rings. The van der Waals surface area contributed by atoms with Gasteiger partial charge in [-0.3, -0.25) is 0 Å². The molecule has 1 nitrogen and oxygen atoms in total. The van der Waals surface area contributed by atoms with E-state index in [0.717, 1.165) is 12.8 Å². The normalized spacial score (nSPS) is 12.8. The fraction of sp³-hybridized carbons (Fsp3) is 0.214. The average molecular weight is 774 g/mol. The van der Waals surface area contributed by atoms with Gasteiger partial charge in [0.1, 0.15) is 0 Å². The molecule has 2 aromatic heterocycles. The number of fused-ring (bicyclic) bond motifs is 6. The number of rotatable bonds is 15. The molecule has 0 radical (unpaired) electrons. The molecule has 0 saturated heterocycles. The number of thiophene rings is 1. The first kappa shape index (κ1) is 39.1. The van der Waals surface area contributed by atoms with Gasteiger partial charge in [-0.1, -0.05) is 154 Å². The van der Waals surface area contributed by atoms with Gasteiger partial charge in [0.05, 0.1) is 11.0 Å². The molecule has 0 atom stereocenters. The summed E-state index contributed by atoms with van der Waals surface area (Å²) in [5.41, 5.74) is 14.3. The second kappa shape index (κ2) is 18.3. The molecule has 0 saturated carbocycles. The molecule has 0 N–H and O–H groups in total. The number of allylic oxidation sites excluding steroid dienone is 8. The SMILES string of the molecule is C/C=C\C=C(/CCCCC)c1ccccc1-c1ccc2c(c1)c1ccccc1n2-c1ccc2sc3ccc(-c4ccccc4C/C=C\C=C(\C)CCCC)cc3c2c1. The Morgan fingerprint density at radius 1 is 0.586 bits per heavy atom. The molecule has 8 aromatic rings. The molecule has 8 rings (SSSR count). The monoisotopic (exact) mass is 773 g/mol. The number of benzene rings is 6. The van der Waals surface area contributed by atoms with Crippen molar-refractivity contribution in [2.75, 3.05) is 0 Å². The highest BCUT2D eigenvalue weighted by Gasteiger charge is 2.17. The van der Waals surface area contributed by atoms with E-state index in [2.05, 4.69) is 196 Å². The van der Waals surface area contributed by atoms with Crippen molar-refractivity contribution in [2.45, 2.75) is 79.1 Å². The molecule has 0 spiro atoms. The van der Waals surface area contributed by atoms with Gasteiger partial charge in [0, 0.05) is 36.6 Å². The Bertz CT molecular complexity index is 2830. The van der Waals surface area contributed by atoms with Crippen LogP contribution in [0, 0.1) is 0 Å². The van der Waals surface area contributed by atoms with E-state index in [4.69, 9.17) is 0 Å². The van der Waals surface area contributed by atoms with Gasteiger partial charge in [0.25, 0.3) is 0 Å². The van der Waals surface area contributed by atoms with Crippen molar-refractivity contribution in [3.05, 3.63) is 181 Å². The zero-order valence-corrected chi connectivity index (χ0v) is 35.4. The van der Waals surface area contributed by atoms with Crippen molar-refractivity contribution in [3.63, 3.8) is 0 Å². The highest BCUT2D eigenvalue weighted by Crippen LogP contribution is 2.41. The first-order valence-electron chi connectivity index (χ1n) is 21.4.